The fraction of sp³-hybridized carbons (Fsp3) is 1.00. The molecule has 2 saturated heterocycles. The molecule has 2 aliphatic heterocycles. The number of likely N-dealkylation sites (tertiary alicyclic amines) is 1. The first-order valence-corrected chi connectivity index (χ1v) is 8.03. The van der Waals surface area contributed by atoms with Crippen LogP contribution in [0.4, 0.5) is 0 Å². The van der Waals surface area contributed by atoms with E-state index in [9.17, 15) is 0 Å². The maximum atomic E-state index is 6.18. The largest absolute Gasteiger partial charge is 0.329 e. The zero-order valence-electron chi connectivity index (χ0n) is 13.1. The van der Waals surface area contributed by atoms with Crippen molar-refractivity contribution in [2.45, 2.75) is 45.2 Å². The first-order valence-electron chi connectivity index (χ1n) is 8.03. The average molecular weight is 268 g/mol. The molecule has 0 aromatic carbocycles. The maximum Gasteiger partial charge on any atom is 0.0357 e. The molecule has 19 heavy (non-hydrogen) atoms. The molecule has 0 radical (unpaired) electrons. The lowest BCUT2D eigenvalue weighted by molar-refractivity contribution is -0.0106. The van der Waals surface area contributed by atoms with Gasteiger partial charge in [-0.3, -0.25) is 9.80 Å². The van der Waals surface area contributed by atoms with Gasteiger partial charge in [-0.05, 0) is 46.3 Å². The molecule has 0 unspecified atom stereocenters. The van der Waals surface area contributed by atoms with Crippen LogP contribution in [0.3, 0.4) is 0 Å². The van der Waals surface area contributed by atoms with Crippen LogP contribution in [0, 0.1) is 0 Å². The zero-order valence-corrected chi connectivity index (χ0v) is 13.1. The second-order valence-corrected chi connectivity index (χ2v) is 6.48. The molecule has 0 spiro atoms. The van der Waals surface area contributed by atoms with Crippen molar-refractivity contribution in [3.8, 4) is 0 Å². The van der Waals surface area contributed by atoms with Gasteiger partial charge in [-0.25, -0.2) is 0 Å². The topological polar surface area (TPSA) is 35.7 Å². The van der Waals surface area contributed by atoms with Crippen LogP contribution in [0.1, 0.15) is 33.6 Å². The van der Waals surface area contributed by atoms with Crippen LogP contribution in [0.25, 0.3) is 0 Å². The Bertz CT molecular complexity index is 263. The predicted molar refractivity (Wildman–Crippen MR) is 81.4 cm³/mol. The van der Waals surface area contributed by atoms with Crippen LogP contribution in [0.15, 0.2) is 0 Å². The van der Waals surface area contributed by atoms with E-state index in [1.807, 2.05) is 0 Å². The number of piperazine rings is 1. The molecule has 2 fully saturated rings. The Hall–Kier alpha value is -0.160. The summed E-state index contributed by atoms with van der Waals surface area (Å²) < 4.78 is 0. The second kappa shape index (κ2) is 6.53. The second-order valence-electron chi connectivity index (χ2n) is 6.48. The fourth-order valence-corrected chi connectivity index (χ4v) is 3.65. The van der Waals surface area contributed by atoms with Gasteiger partial charge in [-0.2, -0.15) is 0 Å². The van der Waals surface area contributed by atoms with E-state index in [0.29, 0.717) is 6.04 Å². The molecular formula is C15H32N4. The van der Waals surface area contributed by atoms with Crippen LogP contribution < -0.4 is 5.73 Å². The zero-order chi connectivity index (χ0) is 13.9. The Kier molecular flexibility index (Phi) is 5.23. The van der Waals surface area contributed by atoms with Crippen molar-refractivity contribution in [1.29, 1.82) is 0 Å². The molecule has 112 valence electrons. The number of hydrogen-bond donors (Lipinski definition) is 1. The van der Waals surface area contributed by atoms with Gasteiger partial charge in [0.2, 0.25) is 0 Å². The maximum absolute atomic E-state index is 6.18. The molecule has 2 N–H and O–H groups in total. The number of hydrogen-bond acceptors (Lipinski definition) is 4. The molecule has 0 aliphatic carbocycles. The summed E-state index contributed by atoms with van der Waals surface area (Å²) in [5.41, 5.74) is 6.46. The van der Waals surface area contributed by atoms with Gasteiger partial charge >= 0.3 is 0 Å². The average Bonchev–Trinajstić information content (AvgIpc) is 2.47. The highest BCUT2D eigenvalue weighted by atomic mass is 15.3. The molecule has 0 bridgehead atoms. The minimum Gasteiger partial charge on any atom is -0.329 e. The third-order valence-corrected chi connectivity index (χ3v) is 5.33. The molecule has 0 aromatic heterocycles. The van der Waals surface area contributed by atoms with E-state index in [1.165, 1.54) is 58.7 Å². The van der Waals surface area contributed by atoms with Gasteiger partial charge in [0.05, 0.1) is 0 Å². The van der Waals surface area contributed by atoms with Crippen LogP contribution >= 0.6 is 0 Å². The van der Waals surface area contributed by atoms with Crippen LogP contribution in [-0.4, -0.2) is 78.6 Å². The molecule has 0 aromatic rings. The molecule has 0 saturated carbocycles. The Morgan fingerprint density at radius 1 is 1.00 bits per heavy atom. The molecule has 4 nitrogen and oxygen atoms in total. The van der Waals surface area contributed by atoms with Gasteiger partial charge in [0.15, 0.2) is 0 Å². The molecule has 2 rings (SSSR count). The lowest BCUT2D eigenvalue weighted by Crippen LogP contribution is -2.64. The van der Waals surface area contributed by atoms with Crippen molar-refractivity contribution < 1.29 is 0 Å². The summed E-state index contributed by atoms with van der Waals surface area (Å²) in [5, 5.41) is 0. The lowest BCUT2D eigenvalue weighted by atomic mass is 9.85. The molecule has 4 heteroatoms. The summed E-state index contributed by atoms with van der Waals surface area (Å²) >= 11 is 0. The minimum absolute atomic E-state index is 0.286. The molecule has 2 aliphatic rings. The minimum atomic E-state index is 0.286. The van der Waals surface area contributed by atoms with Crippen LogP contribution in [0.5, 0.6) is 0 Å². The van der Waals surface area contributed by atoms with Crippen molar-refractivity contribution in [1.82, 2.24) is 14.7 Å². The summed E-state index contributed by atoms with van der Waals surface area (Å²) in [4.78, 5) is 7.83. The van der Waals surface area contributed by atoms with Crippen molar-refractivity contribution in [3.63, 3.8) is 0 Å². The van der Waals surface area contributed by atoms with Crippen molar-refractivity contribution in [2.75, 3.05) is 52.4 Å². The van der Waals surface area contributed by atoms with E-state index in [-0.39, 0.29) is 5.54 Å². The van der Waals surface area contributed by atoms with Crippen LogP contribution in [0.2, 0.25) is 0 Å². The van der Waals surface area contributed by atoms with E-state index in [4.69, 9.17) is 5.73 Å². The highest BCUT2D eigenvalue weighted by Gasteiger charge is 2.39. The van der Waals surface area contributed by atoms with Gasteiger partial charge < -0.3 is 10.6 Å². The van der Waals surface area contributed by atoms with Gasteiger partial charge in [-0.15, -0.1) is 0 Å². The fourth-order valence-electron chi connectivity index (χ4n) is 3.65. The SMILES string of the molecule is CCN1CCC(CN)(N2CCN(C(C)C)CC2)CC1. The Labute approximate surface area is 118 Å². The third kappa shape index (κ3) is 3.30. The number of piperidine rings is 1. The van der Waals surface area contributed by atoms with Crippen molar-refractivity contribution in [2.24, 2.45) is 5.73 Å². The lowest BCUT2D eigenvalue weighted by Gasteiger charge is -2.51. The Balaban J connectivity index is 1.92. The van der Waals surface area contributed by atoms with Gasteiger partial charge in [-0.1, -0.05) is 6.92 Å². The Morgan fingerprint density at radius 2 is 1.58 bits per heavy atom. The molecule has 0 amide bonds. The van der Waals surface area contributed by atoms with Gasteiger partial charge in [0.1, 0.15) is 0 Å². The van der Waals surface area contributed by atoms with E-state index < -0.39 is 0 Å². The van der Waals surface area contributed by atoms with E-state index in [2.05, 4.69) is 35.5 Å². The number of nitrogens with zero attached hydrogens (tertiary/aromatic N) is 3. The first kappa shape index (κ1) is 15.2. The summed E-state index contributed by atoms with van der Waals surface area (Å²) in [7, 11) is 0. The predicted octanol–water partition coefficient (Wildman–Crippen LogP) is 0.826. The molecule has 2 heterocycles. The summed E-state index contributed by atoms with van der Waals surface area (Å²) in [5.74, 6) is 0. The van der Waals surface area contributed by atoms with Gasteiger partial charge in [0, 0.05) is 44.3 Å². The molecule has 0 atom stereocenters. The summed E-state index contributed by atoms with van der Waals surface area (Å²) in [6, 6.07) is 0.679. The normalized spacial score (nSPS) is 27.0. The number of nitrogens with two attached hydrogens (primary N) is 1. The van der Waals surface area contributed by atoms with Crippen molar-refractivity contribution >= 4 is 0 Å². The number of rotatable bonds is 4. The molecular weight excluding hydrogens is 236 g/mol. The quantitative estimate of drug-likeness (QED) is 0.819. The standard InChI is InChI=1S/C15H32N4/c1-4-17-7-5-15(13-16,6-8-17)19-11-9-18(10-12-19)14(2)3/h14H,4-13,16H2,1-3H3. The van der Waals surface area contributed by atoms with Crippen LogP contribution in [-0.2, 0) is 0 Å². The Morgan fingerprint density at radius 3 is 2.00 bits per heavy atom. The highest BCUT2D eigenvalue weighted by molar-refractivity contribution is 4.98. The highest BCUT2D eigenvalue weighted by Crippen LogP contribution is 2.29. The van der Waals surface area contributed by atoms with Gasteiger partial charge in [0.25, 0.3) is 0 Å². The van der Waals surface area contributed by atoms with Crippen molar-refractivity contribution in [3.05, 3.63) is 0 Å². The first-order chi connectivity index (χ1) is 9.11. The third-order valence-electron chi connectivity index (χ3n) is 5.33. The van der Waals surface area contributed by atoms with E-state index in [0.717, 1.165) is 6.54 Å². The van der Waals surface area contributed by atoms with E-state index in [1.54, 1.807) is 0 Å². The monoisotopic (exact) mass is 268 g/mol. The van der Waals surface area contributed by atoms with E-state index >= 15 is 0 Å². The summed E-state index contributed by atoms with van der Waals surface area (Å²) in [6.07, 6.45) is 2.50. The smallest absolute Gasteiger partial charge is 0.0357 e. The summed E-state index contributed by atoms with van der Waals surface area (Å²) in [6.45, 7) is 16.1.